The van der Waals surface area contributed by atoms with Gasteiger partial charge in [0.1, 0.15) is 24.7 Å². The maximum Gasteiger partial charge on any atom is 0.125 e. The topological polar surface area (TPSA) is 40.0 Å². The molecule has 1 aromatic rings. The van der Waals surface area contributed by atoms with Crippen LogP contribution in [0.2, 0.25) is 0 Å². The average Bonchev–Trinajstić information content (AvgIpc) is 2.47. The minimum Gasteiger partial charge on any atom is -0.493 e. The molecule has 0 bridgehead atoms. The number of oxime groups is 1. The first-order valence-corrected chi connectivity index (χ1v) is 9.50. The van der Waals surface area contributed by atoms with Gasteiger partial charge in [0.05, 0.1) is 15.7 Å². The Balaban J connectivity index is 2.43. The van der Waals surface area contributed by atoms with Crippen molar-refractivity contribution in [1.82, 2.24) is 0 Å². The van der Waals surface area contributed by atoms with Gasteiger partial charge in [0.15, 0.2) is 0 Å². The summed E-state index contributed by atoms with van der Waals surface area (Å²) in [5, 5.41) is 3.91. The van der Waals surface area contributed by atoms with Crippen molar-refractivity contribution in [2.75, 3.05) is 19.8 Å². The number of nitrogens with zero attached hydrogens (tertiary/aromatic N) is 1. The fourth-order valence-electron chi connectivity index (χ4n) is 2.04. The van der Waals surface area contributed by atoms with E-state index in [1.165, 1.54) is 0 Å². The van der Waals surface area contributed by atoms with Crippen molar-refractivity contribution in [2.24, 2.45) is 5.16 Å². The summed E-state index contributed by atoms with van der Waals surface area (Å²) in [4.78, 5) is 5.17. The van der Waals surface area contributed by atoms with Gasteiger partial charge in [-0.05, 0) is 102 Å². The Morgan fingerprint density at radius 1 is 1.04 bits per heavy atom. The van der Waals surface area contributed by atoms with Gasteiger partial charge in [-0.25, -0.2) is 0 Å². The second-order valence-electron chi connectivity index (χ2n) is 5.62. The SMILES string of the molecule is CC(C)=NOCCCCOc1c(C)cc(OCC=C(Br)Br)cc1C. The highest BCUT2D eigenvalue weighted by Gasteiger charge is 2.07. The molecule has 0 spiro atoms. The molecule has 1 aromatic carbocycles. The quantitative estimate of drug-likeness (QED) is 0.247. The third kappa shape index (κ3) is 8.73. The van der Waals surface area contributed by atoms with Crippen LogP contribution in [0.3, 0.4) is 0 Å². The summed E-state index contributed by atoms with van der Waals surface area (Å²) in [7, 11) is 0. The lowest BCUT2D eigenvalue weighted by atomic mass is 10.1. The van der Waals surface area contributed by atoms with Crippen LogP contribution in [0, 0.1) is 13.8 Å². The Kier molecular flexibility index (Phi) is 10.1. The van der Waals surface area contributed by atoms with Gasteiger partial charge in [-0.3, -0.25) is 0 Å². The highest BCUT2D eigenvalue weighted by atomic mass is 79.9. The zero-order valence-electron chi connectivity index (χ0n) is 14.7. The zero-order valence-corrected chi connectivity index (χ0v) is 17.9. The smallest absolute Gasteiger partial charge is 0.125 e. The number of rotatable bonds is 10. The van der Waals surface area contributed by atoms with Crippen LogP contribution in [-0.2, 0) is 4.84 Å². The lowest BCUT2D eigenvalue weighted by Crippen LogP contribution is -2.03. The number of hydrogen-bond donors (Lipinski definition) is 0. The molecule has 0 radical (unpaired) electrons. The summed E-state index contributed by atoms with van der Waals surface area (Å²) in [6.07, 6.45) is 3.75. The van der Waals surface area contributed by atoms with Crippen LogP contribution in [0.1, 0.15) is 37.8 Å². The van der Waals surface area contributed by atoms with Gasteiger partial charge in [-0.15, -0.1) is 0 Å². The Labute approximate surface area is 161 Å². The molecule has 134 valence electrons. The molecule has 0 unspecified atom stereocenters. The molecule has 0 aliphatic rings. The first-order valence-electron chi connectivity index (χ1n) is 7.91. The summed E-state index contributed by atoms with van der Waals surface area (Å²) < 4.78 is 12.5. The molecule has 1 rings (SSSR count). The molecule has 0 aliphatic heterocycles. The van der Waals surface area contributed by atoms with E-state index in [1.54, 1.807) is 0 Å². The molecule has 24 heavy (non-hydrogen) atoms. The van der Waals surface area contributed by atoms with Crippen molar-refractivity contribution >= 4 is 37.6 Å². The Morgan fingerprint density at radius 2 is 1.67 bits per heavy atom. The molecule has 0 atom stereocenters. The monoisotopic (exact) mass is 461 g/mol. The van der Waals surface area contributed by atoms with Gasteiger partial charge < -0.3 is 14.3 Å². The predicted molar refractivity (Wildman–Crippen MR) is 107 cm³/mol. The van der Waals surface area contributed by atoms with Gasteiger partial charge in [-0.1, -0.05) is 5.16 Å². The van der Waals surface area contributed by atoms with Crippen LogP contribution in [0.25, 0.3) is 0 Å². The summed E-state index contributed by atoms with van der Waals surface area (Å²) >= 11 is 6.62. The zero-order chi connectivity index (χ0) is 17.9. The van der Waals surface area contributed by atoms with E-state index >= 15 is 0 Å². The Morgan fingerprint density at radius 3 is 2.25 bits per heavy atom. The van der Waals surface area contributed by atoms with Crippen molar-refractivity contribution in [3.63, 3.8) is 0 Å². The van der Waals surface area contributed by atoms with Crippen molar-refractivity contribution < 1.29 is 14.3 Å². The van der Waals surface area contributed by atoms with Crippen LogP contribution in [-0.4, -0.2) is 25.5 Å². The molecule has 0 saturated carbocycles. The summed E-state index contributed by atoms with van der Waals surface area (Å²) in [5.74, 6) is 1.78. The summed E-state index contributed by atoms with van der Waals surface area (Å²) in [6.45, 7) is 9.69. The van der Waals surface area contributed by atoms with E-state index in [2.05, 4.69) is 37.0 Å². The number of unbranched alkanes of at least 4 members (excludes halogenated alkanes) is 1. The molecule has 0 heterocycles. The average molecular weight is 463 g/mol. The first-order chi connectivity index (χ1) is 11.4. The molecule has 0 N–H and O–H groups in total. The van der Waals surface area contributed by atoms with Crippen LogP contribution in [0.15, 0.2) is 26.8 Å². The standard InChI is InChI=1S/C18H25Br2NO3/c1-13(2)21-24-9-6-5-8-23-18-14(3)11-16(12-15(18)4)22-10-7-17(19)20/h7,11-12H,5-6,8-10H2,1-4H3. The fourth-order valence-corrected chi connectivity index (χ4v) is 2.30. The molecule has 0 aromatic heterocycles. The molecule has 0 saturated heterocycles. The molecule has 0 aliphatic carbocycles. The van der Waals surface area contributed by atoms with Crippen LogP contribution in [0.4, 0.5) is 0 Å². The maximum absolute atomic E-state index is 5.92. The van der Waals surface area contributed by atoms with Gasteiger partial charge in [0.25, 0.3) is 0 Å². The van der Waals surface area contributed by atoms with Gasteiger partial charge >= 0.3 is 0 Å². The third-order valence-corrected chi connectivity index (χ3v) is 3.69. The number of halogens is 2. The van der Waals surface area contributed by atoms with E-state index < -0.39 is 0 Å². The lowest BCUT2D eigenvalue weighted by Gasteiger charge is -2.14. The lowest BCUT2D eigenvalue weighted by molar-refractivity contribution is 0.135. The summed E-state index contributed by atoms with van der Waals surface area (Å²) in [6, 6.07) is 4.00. The fraction of sp³-hybridized carbons (Fsp3) is 0.500. The van der Waals surface area contributed by atoms with Crippen molar-refractivity contribution in [2.45, 2.75) is 40.5 Å². The second-order valence-corrected chi connectivity index (χ2v) is 8.39. The van der Waals surface area contributed by atoms with Crippen molar-refractivity contribution in [3.05, 3.63) is 32.7 Å². The van der Waals surface area contributed by atoms with E-state index in [0.29, 0.717) is 19.8 Å². The maximum atomic E-state index is 5.92. The first kappa shape index (κ1) is 21.0. The van der Waals surface area contributed by atoms with Gasteiger partial charge in [0.2, 0.25) is 0 Å². The molecular formula is C18H25Br2NO3. The van der Waals surface area contributed by atoms with Crippen LogP contribution < -0.4 is 9.47 Å². The molecule has 4 nitrogen and oxygen atoms in total. The van der Waals surface area contributed by atoms with Crippen molar-refractivity contribution in [1.29, 1.82) is 0 Å². The van der Waals surface area contributed by atoms with E-state index in [1.807, 2.05) is 45.9 Å². The summed E-state index contributed by atoms with van der Waals surface area (Å²) in [5.41, 5.74) is 3.09. The van der Waals surface area contributed by atoms with Crippen molar-refractivity contribution in [3.8, 4) is 11.5 Å². The molecule has 0 fully saturated rings. The largest absolute Gasteiger partial charge is 0.493 e. The van der Waals surface area contributed by atoms with Gasteiger partial charge in [0, 0.05) is 0 Å². The predicted octanol–water partition coefficient (Wildman–Crippen LogP) is 5.88. The molecular weight excluding hydrogens is 438 g/mol. The van der Waals surface area contributed by atoms with E-state index in [0.717, 1.165) is 44.6 Å². The Hall–Kier alpha value is -1.01. The number of hydrogen-bond acceptors (Lipinski definition) is 4. The molecule has 0 amide bonds. The minimum absolute atomic E-state index is 0.505. The Bertz CT molecular complexity index is 555. The second kappa shape index (κ2) is 11.5. The van der Waals surface area contributed by atoms with Crippen LogP contribution in [0.5, 0.6) is 11.5 Å². The number of aryl methyl sites for hydroxylation is 2. The van der Waals surface area contributed by atoms with Crippen LogP contribution >= 0.6 is 31.9 Å². The van der Waals surface area contributed by atoms with Gasteiger partial charge in [-0.2, -0.15) is 0 Å². The van der Waals surface area contributed by atoms with E-state index in [-0.39, 0.29) is 0 Å². The highest BCUT2D eigenvalue weighted by Crippen LogP contribution is 2.28. The highest BCUT2D eigenvalue weighted by molar-refractivity contribution is 9.28. The van der Waals surface area contributed by atoms with E-state index in [9.17, 15) is 0 Å². The normalized spacial score (nSPS) is 10.1. The molecule has 6 heteroatoms. The van der Waals surface area contributed by atoms with E-state index in [4.69, 9.17) is 14.3 Å². The number of ether oxygens (including phenoxy) is 2. The number of benzene rings is 1. The minimum atomic E-state index is 0.505. The third-order valence-electron chi connectivity index (χ3n) is 3.04.